The Balaban J connectivity index is 2.28. The summed E-state index contributed by atoms with van der Waals surface area (Å²) in [5, 5.41) is 8.82. The van der Waals surface area contributed by atoms with E-state index in [0.29, 0.717) is 31.9 Å². The minimum absolute atomic E-state index is 0.0577. The fraction of sp³-hybridized carbons (Fsp3) is 0.500. The van der Waals surface area contributed by atoms with Gasteiger partial charge in [0, 0.05) is 19.7 Å². The van der Waals surface area contributed by atoms with E-state index in [0.717, 1.165) is 6.42 Å². The van der Waals surface area contributed by atoms with Gasteiger partial charge in [0.2, 0.25) is 10.0 Å². The maximum absolute atomic E-state index is 12.7. The summed E-state index contributed by atoms with van der Waals surface area (Å²) >= 11 is 0. The highest BCUT2D eigenvalue weighted by Crippen LogP contribution is 2.25. The van der Waals surface area contributed by atoms with E-state index < -0.39 is 10.0 Å². The number of rotatable bonds is 5. The molecule has 0 aromatic heterocycles. The van der Waals surface area contributed by atoms with Crippen molar-refractivity contribution in [2.45, 2.75) is 18.2 Å². The molecule has 0 radical (unpaired) electrons. The molecule has 1 aliphatic heterocycles. The fourth-order valence-corrected chi connectivity index (χ4v) is 4.03. The summed E-state index contributed by atoms with van der Waals surface area (Å²) in [5.74, 6) is 0.222. The maximum Gasteiger partial charge on any atom is 0.245 e. The summed E-state index contributed by atoms with van der Waals surface area (Å²) in [6, 6.07) is 6.20. The van der Waals surface area contributed by atoms with Gasteiger partial charge in [0.1, 0.15) is 4.90 Å². The molecule has 1 saturated heterocycles. The summed E-state index contributed by atoms with van der Waals surface area (Å²) in [6.45, 7) is 3.87. The second-order valence-electron chi connectivity index (χ2n) is 5.05. The molecule has 21 heavy (non-hydrogen) atoms. The molecule has 1 fully saturated rings. The normalized spacial score (nSPS) is 18.8. The van der Waals surface area contributed by atoms with Gasteiger partial charge < -0.3 is 10.5 Å². The van der Waals surface area contributed by atoms with Crippen molar-refractivity contribution in [1.82, 2.24) is 4.31 Å². The number of benzene rings is 1. The predicted molar refractivity (Wildman–Crippen MR) is 78.9 cm³/mol. The Bertz CT molecular complexity index is 646. The number of ether oxygens (including phenoxy) is 1. The molecule has 1 aromatic rings. The van der Waals surface area contributed by atoms with Gasteiger partial charge in [0.25, 0.3) is 0 Å². The first kappa shape index (κ1) is 15.8. The van der Waals surface area contributed by atoms with E-state index in [1.54, 1.807) is 6.92 Å². The Morgan fingerprint density at radius 2 is 2.29 bits per heavy atom. The van der Waals surface area contributed by atoms with Gasteiger partial charge in [0.05, 0.1) is 23.9 Å². The van der Waals surface area contributed by atoms with Crippen molar-refractivity contribution in [1.29, 1.82) is 5.26 Å². The molecule has 0 aliphatic carbocycles. The Kier molecular flexibility index (Phi) is 4.83. The molecule has 1 heterocycles. The molecule has 1 unspecified atom stereocenters. The average molecular weight is 309 g/mol. The molecule has 2 N–H and O–H groups in total. The van der Waals surface area contributed by atoms with Crippen LogP contribution in [-0.4, -0.2) is 39.0 Å². The number of nitrogen functional groups attached to an aromatic ring is 1. The first-order chi connectivity index (χ1) is 9.98. The highest BCUT2D eigenvalue weighted by molar-refractivity contribution is 7.89. The molecule has 0 amide bonds. The molecule has 0 spiro atoms. The van der Waals surface area contributed by atoms with E-state index in [9.17, 15) is 8.42 Å². The summed E-state index contributed by atoms with van der Waals surface area (Å²) in [5.41, 5.74) is 6.25. The van der Waals surface area contributed by atoms with Crippen LogP contribution in [0.1, 0.15) is 18.9 Å². The second-order valence-corrected chi connectivity index (χ2v) is 6.96. The van der Waals surface area contributed by atoms with Crippen LogP contribution in [0.4, 0.5) is 5.69 Å². The fourth-order valence-electron chi connectivity index (χ4n) is 2.40. The van der Waals surface area contributed by atoms with Crippen molar-refractivity contribution >= 4 is 15.7 Å². The minimum atomic E-state index is -3.65. The average Bonchev–Trinajstić information content (AvgIpc) is 2.97. The van der Waals surface area contributed by atoms with Crippen LogP contribution >= 0.6 is 0 Å². The zero-order chi connectivity index (χ0) is 15.5. The Labute approximate surface area is 125 Å². The van der Waals surface area contributed by atoms with Crippen LogP contribution in [0.3, 0.4) is 0 Å². The molecule has 7 heteroatoms. The summed E-state index contributed by atoms with van der Waals surface area (Å²) in [7, 11) is -3.65. The molecule has 1 aromatic carbocycles. The van der Waals surface area contributed by atoms with Gasteiger partial charge in [-0.3, -0.25) is 0 Å². The Morgan fingerprint density at radius 3 is 2.81 bits per heavy atom. The monoisotopic (exact) mass is 309 g/mol. The van der Waals surface area contributed by atoms with E-state index in [1.165, 1.54) is 22.5 Å². The molecule has 1 atom stereocenters. The van der Waals surface area contributed by atoms with Crippen molar-refractivity contribution in [2.24, 2.45) is 5.92 Å². The number of hydrogen-bond acceptors (Lipinski definition) is 5. The van der Waals surface area contributed by atoms with Crippen molar-refractivity contribution in [3.8, 4) is 6.07 Å². The molecule has 1 aliphatic rings. The van der Waals surface area contributed by atoms with E-state index in [2.05, 4.69) is 0 Å². The van der Waals surface area contributed by atoms with Gasteiger partial charge in [0.15, 0.2) is 0 Å². The van der Waals surface area contributed by atoms with Crippen LogP contribution < -0.4 is 5.73 Å². The SMILES string of the molecule is CCN(CC1CCOC1)S(=O)(=O)c1ccc(C#N)cc1N. The zero-order valence-corrected chi connectivity index (χ0v) is 12.8. The Morgan fingerprint density at radius 1 is 1.52 bits per heavy atom. The van der Waals surface area contributed by atoms with Crippen molar-refractivity contribution < 1.29 is 13.2 Å². The van der Waals surface area contributed by atoms with Gasteiger partial charge in [-0.05, 0) is 30.5 Å². The third-order valence-corrected chi connectivity index (χ3v) is 5.61. The molecular formula is C14H19N3O3S. The van der Waals surface area contributed by atoms with Crippen LogP contribution in [0.25, 0.3) is 0 Å². The number of sulfonamides is 1. The molecule has 114 valence electrons. The molecular weight excluding hydrogens is 290 g/mol. The number of hydrogen-bond donors (Lipinski definition) is 1. The number of nitrogens with zero attached hydrogens (tertiary/aromatic N) is 2. The Hall–Kier alpha value is -1.62. The topological polar surface area (TPSA) is 96.4 Å². The highest BCUT2D eigenvalue weighted by Gasteiger charge is 2.29. The first-order valence-corrected chi connectivity index (χ1v) is 8.30. The molecule has 6 nitrogen and oxygen atoms in total. The lowest BCUT2D eigenvalue weighted by Crippen LogP contribution is -2.35. The third kappa shape index (κ3) is 3.35. The van der Waals surface area contributed by atoms with E-state index in [4.69, 9.17) is 15.7 Å². The maximum atomic E-state index is 12.7. The number of nitriles is 1. The number of anilines is 1. The van der Waals surface area contributed by atoms with Crippen LogP contribution in [-0.2, 0) is 14.8 Å². The lowest BCUT2D eigenvalue weighted by atomic mass is 10.1. The highest BCUT2D eigenvalue weighted by atomic mass is 32.2. The molecule has 0 saturated carbocycles. The lowest BCUT2D eigenvalue weighted by Gasteiger charge is -2.23. The van der Waals surface area contributed by atoms with Gasteiger partial charge in [-0.1, -0.05) is 6.92 Å². The van der Waals surface area contributed by atoms with Crippen molar-refractivity contribution in [2.75, 3.05) is 32.0 Å². The van der Waals surface area contributed by atoms with Crippen LogP contribution in [0.15, 0.2) is 23.1 Å². The van der Waals surface area contributed by atoms with Gasteiger partial charge in [-0.25, -0.2) is 8.42 Å². The van der Waals surface area contributed by atoms with Gasteiger partial charge in [-0.2, -0.15) is 9.57 Å². The van der Waals surface area contributed by atoms with Gasteiger partial charge >= 0.3 is 0 Å². The lowest BCUT2D eigenvalue weighted by molar-refractivity contribution is 0.181. The minimum Gasteiger partial charge on any atom is -0.398 e. The quantitative estimate of drug-likeness (QED) is 0.824. The summed E-state index contributed by atoms with van der Waals surface area (Å²) in [4.78, 5) is 0.0577. The zero-order valence-electron chi connectivity index (χ0n) is 11.9. The van der Waals surface area contributed by atoms with Crippen LogP contribution in [0, 0.1) is 17.2 Å². The smallest absolute Gasteiger partial charge is 0.245 e. The molecule has 2 rings (SSSR count). The third-order valence-electron chi connectivity index (χ3n) is 3.60. The predicted octanol–water partition coefficient (Wildman–Crippen LogP) is 1.19. The van der Waals surface area contributed by atoms with Crippen molar-refractivity contribution in [3.05, 3.63) is 23.8 Å². The van der Waals surface area contributed by atoms with Crippen molar-refractivity contribution in [3.63, 3.8) is 0 Å². The standard InChI is InChI=1S/C14H19N3O3S/c1-2-17(9-12-5-6-20-10-12)21(18,19)14-4-3-11(8-15)7-13(14)16/h3-4,7,12H,2,5-6,9-10,16H2,1H3. The first-order valence-electron chi connectivity index (χ1n) is 6.86. The summed E-state index contributed by atoms with van der Waals surface area (Å²) < 4.78 is 32.1. The van der Waals surface area contributed by atoms with Crippen LogP contribution in [0.2, 0.25) is 0 Å². The van der Waals surface area contributed by atoms with E-state index in [1.807, 2.05) is 6.07 Å². The van der Waals surface area contributed by atoms with Gasteiger partial charge in [-0.15, -0.1) is 0 Å². The van der Waals surface area contributed by atoms with E-state index >= 15 is 0 Å². The molecule has 0 bridgehead atoms. The van der Waals surface area contributed by atoms with E-state index in [-0.39, 0.29) is 16.5 Å². The van der Waals surface area contributed by atoms with Crippen LogP contribution in [0.5, 0.6) is 0 Å². The summed E-state index contributed by atoms with van der Waals surface area (Å²) in [6.07, 6.45) is 0.870. The second kappa shape index (κ2) is 6.43. The number of nitrogens with two attached hydrogens (primary N) is 1. The largest absolute Gasteiger partial charge is 0.398 e.